The standard InChI is InChI=1S/C8H20O5Si/c1-11-14(12-2)5-3-4-13-7-8(10)6-9/h8-10,14H,3-7H2,1-2H3. The zero-order valence-electron chi connectivity index (χ0n) is 8.81. The molecule has 14 heavy (non-hydrogen) atoms. The third-order valence-corrected chi connectivity index (χ3v) is 3.71. The third-order valence-electron chi connectivity index (χ3n) is 1.78. The van der Waals surface area contributed by atoms with Crippen molar-refractivity contribution in [1.29, 1.82) is 0 Å². The molecule has 0 saturated heterocycles. The van der Waals surface area contributed by atoms with Crippen molar-refractivity contribution in [2.24, 2.45) is 0 Å². The van der Waals surface area contributed by atoms with Gasteiger partial charge in [-0.3, -0.25) is 0 Å². The zero-order valence-corrected chi connectivity index (χ0v) is 9.96. The average molecular weight is 224 g/mol. The fourth-order valence-electron chi connectivity index (χ4n) is 0.956. The summed E-state index contributed by atoms with van der Waals surface area (Å²) in [5, 5.41) is 17.4. The second-order valence-corrected chi connectivity index (χ2v) is 5.33. The van der Waals surface area contributed by atoms with Crippen LogP contribution in [0.3, 0.4) is 0 Å². The molecule has 0 aromatic heterocycles. The highest BCUT2D eigenvalue weighted by atomic mass is 28.3. The summed E-state index contributed by atoms with van der Waals surface area (Å²) in [6.45, 7) is 0.490. The lowest BCUT2D eigenvalue weighted by molar-refractivity contribution is 0.00622. The van der Waals surface area contributed by atoms with E-state index >= 15 is 0 Å². The molecule has 2 N–H and O–H groups in total. The SMILES string of the molecule is CO[SiH](CCCOCC(O)CO)OC. The smallest absolute Gasteiger partial charge is 0.320 e. The molecule has 0 rings (SSSR count). The number of hydrogen-bond donors (Lipinski definition) is 2. The summed E-state index contributed by atoms with van der Waals surface area (Å²) >= 11 is 0. The first-order chi connectivity index (χ1) is 6.74. The summed E-state index contributed by atoms with van der Waals surface area (Å²) in [5.41, 5.74) is 0. The predicted octanol–water partition coefficient (Wildman–Crippen LogP) is -0.740. The number of rotatable bonds is 9. The van der Waals surface area contributed by atoms with E-state index in [0.717, 1.165) is 12.5 Å². The van der Waals surface area contributed by atoms with E-state index < -0.39 is 15.4 Å². The molecule has 0 amide bonds. The van der Waals surface area contributed by atoms with Gasteiger partial charge in [-0.25, -0.2) is 0 Å². The first-order valence-corrected chi connectivity index (χ1v) is 6.42. The Bertz CT molecular complexity index is 120. The van der Waals surface area contributed by atoms with Gasteiger partial charge in [-0.05, 0) is 12.5 Å². The molecule has 1 atom stereocenters. The van der Waals surface area contributed by atoms with Crippen LogP contribution in [0.15, 0.2) is 0 Å². The molecule has 0 fully saturated rings. The molecular weight excluding hydrogens is 204 g/mol. The Morgan fingerprint density at radius 1 is 1.29 bits per heavy atom. The lowest BCUT2D eigenvalue weighted by Gasteiger charge is -2.11. The minimum absolute atomic E-state index is 0.183. The van der Waals surface area contributed by atoms with Crippen molar-refractivity contribution >= 4 is 9.28 Å². The fourth-order valence-corrected chi connectivity index (χ4v) is 2.12. The molecule has 0 aliphatic heterocycles. The van der Waals surface area contributed by atoms with Gasteiger partial charge in [0.15, 0.2) is 0 Å². The van der Waals surface area contributed by atoms with Crippen LogP contribution < -0.4 is 0 Å². The number of aliphatic hydroxyl groups excluding tert-OH is 2. The monoisotopic (exact) mass is 224 g/mol. The molecule has 0 radical (unpaired) electrons. The molecule has 0 saturated carbocycles. The molecule has 0 aromatic carbocycles. The van der Waals surface area contributed by atoms with Crippen molar-refractivity contribution in [3.63, 3.8) is 0 Å². The second kappa shape index (κ2) is 9.57. The topological polar surface area (TPSA) is 68.2 Å². The molecule has 0 aromatic rings. The van der Waals surface area contributed by atoms with Crippen molar-refractivity contribution in [2.75, 3.05) is 34.0 Å². The van der Waals surface area contributed by atoms with E-state index in [1.165, 1.54) is 0 Å². The first kappa shape index (κ1) is 14.0. The normalized spacial score (nSPS) is 13.5. The Kier molecular flexibility index (Phi) is 9.58. The minimum atomic E-state index is -1.46. The largest absolute Gasteiger partial charge is 0.400 e. The maximum absolute atomic E-state index is 8.94. The Hall–Kier alpha value is 0.0169. The second-order valence-electron chi connectivity index (χ2n) is 2.95. The van der Waals surface area contributed by atoms with Crippen LogP contribution in [0.1, 0.15) is 6.42 Å². The van der Waals surface area contributed by atoms with Crippen LogP contribution in [0.25, 0.3) is 0 Å². The van der Waals surface area contributed by atoms with E-state index in [-0.39, 0.29) is 13.2 Å². The van der Waals surface area contributed by atoms with Crippen LogP contribution in [0, 0.1) is 0 Å². The Balaban J connectivity index is 3.20. The molecule has 5 nitrogen and oxygen atoms in total. The molecule has 0 bridgehead atoms. The average Bonchev–Trinajstić information content (AvgIpc) is 2.23. The highest BCUT2D eigenvalue weighted by Gasteiger charge is 2.08. The summed E-state index contributed by atoms with van der Waals surface area (Å²) in [5.74, 6) is 0. The lowest BCUT2D eigenvalue weighted by Crippen LogP contribution is -2.21. The highest BCUT2D eigenvalue weighted by molar-refractivity contribution is 6.44. The van der Waals surface area contributed by atoms with E-state index in [4.69, 9.17) is 23.8 Å². The summed E-state index contributed by atoms with van der Waals surface area (Å²) in [6, 6.07) is 0.891. The van der Waals surface area contributed by atoms with Crippen molar-refractivity contribution in [3.8, 4) is 0 Å². The minimum Gasteiger partial charge on any atom is -0.400 e. The van der Waals surface area contributed by atoms with E-state index in [2.05, 4.69) is 0 Å². The Labute approximate surface area is 86.4 Å². The van der Waals surface area contributed by atoms with Crippen molar-refractivity contribution in [1.82, 2.24) is 0 Å². The predicted molar refractivity (Wildman–Crippen MR) is 54.5 cm³/mol. The van der Waals surface area contributed by atoms with Crippen LogP contribution in [-0.2, 0) is 13.6 Å². The van der Waals surface area contributed by atoms with Gasteiger partial charge >= 0.3 is 9.28 Å². The molecule has 1 unspecified atom stereocenters. The van der Waals surface area contributed by atoms with Crippen LogP contribution in [0.5, 0.6) is 0 Å². The quantitative estimate of drug-likeness (QED) is 0.399. The van der Waals surface area contributed by atoms with Gasteiger partial charge in [0.05, 0.1) is 13.2 Å². The van der Waals surface area contributed by atoms with Gasteiger partial charge in [0, 0.05) is 20.8 Å². The first-order valence-electron chi connectivity index (χ1n) is 4.66. The maximum Gasteiger partial charge on any atom is 0.320 e. The van der Waals surface area contributed by atoms with Gasteiger partial charge in [-0.1, -0.05) is 0 Å². The molecular formula is C8H20O5Si. The number of aliphatic hydroxyl groups is 2. The molecule has 0 spiro atoms. The van der Waals surface area contributed by atoms with E-state index in [1.807, 2.05) is 0 Å². The van der Waals surface area contributed by atoms with Crippen LogP contribution in [-0.4, -0.2) is 59.6 Å². The van der Waals surface area contributed by atoms with E-state index in [0.29, 0.717) is 6.61 Å². The summed E-state index contributed by atoms with van der Waals surface area (Å²) in [7, 11) is 1.84. The molecule has 0 heterocycles. The number of hydrogen-bond acceptors (Lipinski definition) is 5. The Morgan fingerprint density at radius 3 is 2.43 bits per heavy atom. The van der Waals surface area contributed by atoms with Gasteiger partial charge in [0.1, 0.15) is 6.10 Å². The van der Waals surface area contributed by atoms with E-state index in [9.17, 15) is 0 Å². The number of ether oxygens (including phenoxy) is 1. The van der Waals surface area contributed by atoms with Gasteiger partial charge in [0.25, 0.3) is 0 Å². The van der Waals surface area contributed by atoms with Crippen LogP contribution in [0.4, 0.5) is 0 Å². The maximum atomic E-state index is 8.94. The molecule has 0 aliphatic rings. The van der Waals surface area contributed by atoms with Crippen molar-refractivity contribution in [3.05, 3.63) is 0 Å². The van der Waals surface area contributed by atoms with E-state index in [1.54, 1.807) is 14.2 Å². The molecule has 6 heteroatoms. The van der Waals surface area contributed by atoms with Crippen molar-refractivity contribution in [2.45, 2.75) is 18.6 Å². The lowest BCUT2D eigenvalue weighted by atomic mass is 10.4. The van der Waals surface area contributed by atoms with Gasteiger partial charge in [-0.15, -0.1) is 0 Å². The Morgan fingerprint density at radius 2 is 1.93 bits per heavy atom. The molecule has 0 aliphatic carbocycles. The van der Waals surface area contributed by atoms with Crippen LogP contribution >= 0.6 is 0 Å². The summed E-state index contributed by atoms with van der Waals surface area (Å²) in [6.07, 6.45) is 0.0874. The van der Waals surface area contributed by atoms with Crippen molar-refractivity contribution < 1.29 is 23.8 Å². The zero-order chi connectivity index (χ0) is 10.8. The fraction of sp³-hybridized carbons (Fsp3) is 1.00. The summed E-state index contributed by atoms with van der Waals surface area (Å²) < 4.78 is 15.4. The van der Waals surface area contributed by atoms with Crippen LogP contribution in [0.2, 0.25) is 6.04 Å². The highest BCUT2D eigenvalue weighted by Crippen LogP contribution is 1.99. The third kappa shape index (κ3) is 7.42. The van der Waals surface area contributed by atoms with Gasteiger partial charge in [-0.2, -0.15) is 0 Å². The van der Waals surface area contributed by atoms with Gasteiger partial charge in [0.2, 0.25) is 0 Å². The molecule has 86 valence electrons. The van der Waals surface area contributed by atoms with Gasteiger partial charge < -0.3 is 23.8 Å². The summed E-state index contributed by atoms with van der Waals surface area (Å²) in [4.78, 5) is 0.